The van der Waals surface area contributed by atoms with E-state index in [2.05, 4.69) is 48.1 Å². The van der Waals surface area contributed by atoms with Gasteiger partial charge in [0, 0.05) is 25.1 Å². The van der Waals surface area contributed by atoms with E-state index in [1.54, 1.807) is 0 Å². The summed E-state index contributed by atoms with van der Waals surface area (Å²) in [5.74, 6) is 2.35. The molecule has 3 nitrogen and oxygen atoms in total. The lowest BCUT2D eigenvalue weighted by Gasteiger charge is -2.21. The number of hydrogen-bond acceptors (Lipinski definition) is 3. The zero-order valence-corrected chi connectivity index (χ0v) is 13.5. The molecule has 0 bridgehead atoms. The van der Waals surface area contributed by atoms with Crippen molar-refractivity contribution < 1.29 is 0 Å². The first-order valence-electron chi connectivity index (χ1n) is 7.35. The second-order valence-corrected chi connectivity index (χ2v) is 6.30. The van der Waals surface area contributed by atoms with Gasteiger partial charge in [-0.3, -0.25) is 0 Å². The Morgan fingerprint density at radius 3 is 2.43 bits per heavy atom. The molecule has 0 unspecified atom stereocenters. The van der Waals surface area contributed by atoms with Crippen molar-refractivity contribution in [3.63, 3.8) is 0 Å². The van der Waals surface area contributed by atoms with Gasteiger partial charge in [-0.2, -0.15) is 0 Å². The minimum absolute atomic E-state index is 0.509. The summed E-state index contributed by atoms with van der Waals surface area (Å²) < 4.78 is 0. The molecule has 0 amide bonds. The summed E-state index contributed by atoms with van der Waals surface area (Å²) in [5.41, 5.74) is 3.50. The summed E-state index contributed by atoms with van der Waals surface area (Å²) in [6.07, 6.45) is 2.36. The number of nitrogens with zero attached hydrogens (tertiary/aromatic N) is 3. The predicted octanol–water partition coefficient (Wildman–Crippen LogP) is 4.26. The standard InChI is InChI=1S/C17H20ClN3/c1-11-4-6-13(7-5-11)10-21(3)17-12(2)15(18)19-16(20-17)14-8-9-14/h4-7,14H,8-10H2,1-3H3. The maximum atomic E-state index is 6.28. The van der Waals surface area contributed by atoms with E-state index in [1.165, 1.54) is 24.0 Å². The van der Waals surface area contributed by atoms with Crippen LogP contribution in [-0.4, -0.2) is 17.0 Å². The molecule has 0 spiro atoms. The molecule has 21 heavy (non-hydrogen) atoms. The van der Waals surface area contributed by atoms with E-state index in [1.807, 2.05) is 6.92 Å². The van der Waals surface area contributed by atoms with Crippen molar-refractivity contribution in [2.45, 2.75) is 39.2 Å². The molecule has 2 aromatic rings. The van der Waals surface area contributed by atoms with E-state index in [0.717, 1.165) is 23.8 Å². The van der Waals surface area contributed by atoms with Crippen LogP contribution in [0.3, 0.4) is 0 Å². The number of aryl methyl sites for hydroxylation is 1. The first-order valence-corrected chi connectivity index (χ1v) is 7.73. The first kappa shape index (κ1) is 14.3. The molecule has 110 valence electrons. The fraction of sp³-hybridized carbons (Fsp3) is 0.412. The van der Waals surface area contributed by atoms with Gasteiger partial charge >= 0.3 is 0 Å². The highest BCUT2D eigenvalue weighted by Gasteiger charge is 2.28. The monoisotopic (exact) mass is 301 g/mol. The summed E-state index contributed by atoms with van der Waals surface area (Å²) >= 11 is 6.28. The van der Waals surface area contributed by atoms with Crippen LogP contribution in [0.2, 0.25) is 5.15 Å². The molecule has 1 aromatic carbocycles. The summed E-state index contributed by atoms with van der Waals surface area (Å²) in [6, 6.07) is 8.59. The van der Waals surface area contributed by atoms with Crippen molar-refractivity contribution in [1.29, 1.82) is 0 Å². The third-order valence-electron chi connectivity index (χ3n) is 3.92. The van der Waals surface area contributed by atoms with Crippen LogP contribution in [0.25, 0.3) is 0 Å². The molecule has 1 heterocycles. The second-order valence-electron chi connectivity index (χ2n) is 5.94. The van der Waals surface area contributed by atoms with Crippen LogP contribution in [0.4, 0.5) is 5.82 Å². The van der Waals surface area contributed by atoms with Gasteiger partial charge in [-0.15, -0.1) is 0 Å². The lowest BCUT2D eigenvalue weighted by atomic mass is 10.1. The molecule has 0 saturated heterocycles. The average Bonchev–Trinajstić information content (AvgIpc) is 3.28. The molecule has 1 aliphatic rings. The Balaban J connectivity index is 1.86. The van der Waals surface area contributed by atoms with Gasteiger partial charge in [0.15, 0.2) is 0 Å². The Bertz CT molecular complexity index is 648. The van der Waals surface area contributed by atoms with E-state index < -0.39 is 0 Å². The van der Waals surface area contributed by atoms with Gasteiger partial charge in [0.1, 0.15) is 16.8 Å². The van der Waals surface area contributed by atoms with Gasteiger partial charge < -0.3 is 4.90 Å². The number of anilines is 1. The summed E-state index contributed by atoms with van der Waals surface area (Å²) in [7, 11) is 2.06. The van der Waals surface area contributed by atoms with Crippen LogP contribution in [0.5, 0.6) is 0 Å². The second kappa shape index (κ2) is 5.64. The maximum Gasteiger partial charge on any atom is 0.137 e. The molecule has 1 saturated carbocycles. The Morgan fingerprint density at radius 2 is 1.81 bits per heavy atom. The number of aromatic nitrogens is 2. The van der Waals surface area contributed by atoms with E-state index in [9.17, 15) is 0 Å². The van der Waals surface area contributed by atoms with Gasteiger partial charge in [0.05, 0.1) is 0 Å². The third kappa shape index (κ3) is 3.18. The van der Waals surface area contributed by atoms with Crippen LogP contribution in [-0.2, 0) is 6.54 Å². The number of hydrogen-bond donors (Lipinski definition) is 0. The van der Waals surface area contributed by atoms with Crippen molar-refractivity contribution in [2.75, 3.05) is 11.9 Å². The number of benzene rings is 1. The summed E-state index contributed by atoms with van der Waals surface area (Å²) in [4.78, 5) is 11.3. The average molecular weight is 302 g/mol. The molecular weight excluding hydrogens is 282 g/mol. The summed E-state index contributed by atoms with van der Waals surface area (Å²) in [5, 5.41) is 0.581. The van der Waals surface area contributed by atoms with Crippen molar-refractivity contribution in [2.24, 2.45) is 0 Å². The summed E-state index contributed by atoms with van der Waals surface area (Å²) in [6.45, 7) is 4.91. The Hall–Kier alpha value is -1.61. The lowest BCUT2D eigenvalue weighted by molar-refractivity contribution is 0.844. The normalized spacial score (nSPS) is 14.3. The first-order chi connectivity index (χ1) is 10.0. The molecule has 4 heteroatoms. The van der Waals surface area contributed by atoms with Crippen LogP contribution in [0.1, 0.15) is 41.3 Å². The Morgan fingerprint density at radius 1 is 1.14 bits per heavy atom. The van der Waals surface area contributed by atoms with Crippen molar-refractivity contribution in [1.82, 2.24) is 9.97 Å². The largest absolute Gasteiger partial charge is 0.355 e. The highest BCUT2D eigenvalue weighted by atomic mass is 35.5. The van der Waals surface area contributed by atoms with Crippen molar-refractivity contribution >= 4 is 17.4 Å². The molecule has 3 rings (SSSR count). The highest BCUT2D eigenvalue weighted by molar-refractivity contribution is 6.30. The van der Waals surface area contributed by atoms with Gasteiger partial charge in [0.2, 0.25) is 0 Å². The number of halogens is 1. The van der Waals surface area contributed by atoms with Gasteiger partial charge in [-0.1, -0.05) is 41.4 Å². The minimum Gasteiger partial charge on any atom is -0.355 e. The minimum atomic E-state index is 0.509. The van der Waals surface area contributed by atoms with Crippen LogP contribution in [0, 0.1) is 13.8 Å². The van der Waals surface area contributed by atoms with E-state index in [4.69, 9.17) is 16.6 Å². The molecule has 0 atom stereocenters. The molecule has 1 aromatic heterocycles. The molecule has 1 fully saturated rings. The van der Waals surface area contributed by atoms with Crippen LogP contribution in [0.15, 0.2) is 24.3 Å². The SMILES string of the molecule is Cc1ccc(CN(C)c2nc(C3CC3)nc(Cl)c2C)cc1. The zero-order chi connectivity index (χ0) is 15.0. The van der Waals surface area contributed by atoms with Crippen molar-refractivity contribution in [3.05, 3.63) is 51.9 Å². The van der Waals surface area contributed by atoms with Gasteiger partial charge in [-0.25, -0.2) is 9.97 Å². The van der Waals surface area contributed by atoms with Crippen LogP contribution >= 0.6 is 11.6 Å². The molecule has 0 aliphatic heterocycles. The quantitative estimate of drug-likeness (QED) is 0.790. The zero-order valence-electron chi connectivity index (χ0n) is 12.7. The molecular formula is C17H20ClN3. The molecule has 0 N–H and O–H groups in total. The smallest absolute Gasteiger partial charge is 0.137 e. The molecule has 1 aliphatic carbocycles. The fourth-order valence-corrected chi connectivity index (χ4v) is 2.60. The third-order valence-corrected chi connectivity index (χ3v) is 4.29. The maximum absolute atomic E-state index is 6.28. The van der Waals surface area contributed by atoms with E-state index >= 15 is 0 Å². The van der Waals surface area contributed by atoms with Gasteiger partial charge in [-0.05, 0) is 32.3 Å². The molecule has 0 radical (unpaired) electrons. The fourth-order valence-electron chi connectivity index (χ4n) is 2.43. The van der Waals surface area contributed by atoms with Gasteiger partial charge in [0.25, 0.3) is 0 Å². The van der Waals surface area contributed by atoms with E-state index in [0.29, 0.717) is 11.1 Å². The number of rotatable bonds is 4. The van der Waals surface area contributed by atoms with Crippen molar-refractivity contribution in [3.8, 4) is 0 Å². The highest BCUT2D eigenvalue weighted by Crippen LogP contribution is 2.39. The topological polar surface area (TPSA) is 29.0 Å². The Kier molecular flexibility index (Phi) is 3.85. The van der Waals surface area contributed by atoms with E-state index in [-0.39, 0.29) is 0 Å². The lowest BCUT2D eigenvalue weighted by Crippen LogP contribution is -2.20. The van der Waals surface area contributed by atoms with Crippen LogP contribution < -0.4 is 4.90 Å². The predicted molar refractivity (Wildman–Crippen MR) is 87.0 cm³/mol. The Labute approximate surface area is 131 Å².